The van der Waals surface area contributed by atoms with Gasteiger partial charge in [0, 0.05) is 0 Å². The summed E-state index contributed by atoms with van der Waals surface area (Å²) in [6, 6.07) is 3.23. The Morgan fingerprint density at radius 1 is 1.17 bits per heavy atom. The molecule has 0 spiro atoms. The molecule has 1 fully saturated rings. The third-order valence-electron chi connectivity index (χ3n) is 3.65. The molecule has 0 aliphatic carbocycles. The predicted molar refractivity (Wildman–Crippen MR) is 74.2 cm³/mol. The molecule has 18 heavy (non-hydrogen) atoms. The molecule has 1 saturated heterocycles. The van der Waals surface area contributed by atoms with E-state index in [1.807, 2.05) is 27.7 Å². The second kappa shape index (κ2) is 4.22. The van der Waals surface area contributed by atoms with E-state index in [9.17, 15) is 4.39 Å². The van der Waals surface area contributed by atoms with Crippen LogP contribution >= 0.6 is 15.9 Å². The third-order valence-corrected chi connectivity index (χ3v) is 4.46. The van der Waals surface area contributed by atoms with E-state index in [1.165, 1.54) is 6.07 Å². The number of benzene rings is 1. The Morgan fingerprint density at radius 3 is 2.17 bits per heavy atom. The summed E-state index contributed by atoms with van der Waals surface area (Å²) in [4.78, 5) is 0. The molecule has 0 atom stereocenters. The molecule has 3 nitrogen and oxygen atoms in total. The smallest absolute Gasteiger partial charge is 0.399 e. The highest BCUT2D eigenvalue weighted by Crippen LogP contribution is 2.37. The van der Waals surface area contributed by atoms with Crippen molar-refractivity contribution in [2.24, 2.45) is 0 Å². The first-order valence-electron chi connectivity index (χ1n) is 5.75. The van der Waals surface area contributed by atoms with Crippen molar-refractivity contribution in [1.82, 2.24) is 0 Å². The average Bonchev–Trinajstić information content (AvgIpc) is 2.45. The number of nitrogens with two attached hydrogens (primary N) is 1. The molecule has 1 heterocycles. The highest BCUT2D eigenvalue weighted by molar-refractivity contribution is 9.10. The SMILES string of the molecule is CC1(C)OB(c2ccc(N)c(F)c2Br)OC1(C)C. The molecule has 98 valence electrons. The average molecular weight is 316 g/mol. The standard InChI is InChI=1S/C12H16BBrFNO2/c1-11(2)12(3,4)18-13(17-11)7-5-6-8(16)10(15)9(7)14/h5-6H,16H2,1-4H3. The van der Waals surface area contributed by atoms with Gasteiger partial charge in [-0.2, -0.15) is 0 Å². The van der Waals surface area contributed by atoms with E-state index in [2.05, 4.69) is 15.9 Å². The molecule has 1 aliphatic heterocycles. The fraction of sp³-hybridized carbons (Fsp3) is 0.500. The van der Waals surface area contributed by atoms with Gasteiger partial charge in [0.05, 0.1) is 21.4 Å². The number of rotatable bonds is 1. The van der Waals surface area contributed by atoms with Crippen LogP contribution in [0, 0.1) is 5.82 Å². The zero-order valence-corrected chi connectivity index (χ0v) is 12.5. The molecule has 0 unspecified atom stereocenters. The topological polar surface area (TPSA) is 44.5 Å². The maximum Gasteiger partial charge on any atom is 0.496 e. The minimum atomic E-state index is -0.598. The quantitative estimate of drug-likeness (QED) is 0.639. The van der Waals surface area contributed by atoms with Crippen molar-refractivity contribution in [3.63, 3.8) is 0 Å². The zero-order chi connectivity index (χ0) is 13.7. The van der Waals surface area contributed by atoms with Crippen LogP contribution in [-0.4, -0.2) is 18.3 Å². The van der Waals surface area contributed by atoms with E-state index in [-0.39, 0.29) is 5.69 Å². The van der Waals surface area contributed by atoms with Gasteiger partial charge in [0.15, 0.2) is 5.82 Å². The van der Waals surface area contributed by atoms with E-state index in [0.717, 1.165) is 0 Å². The first-order chi connectivity index (χ1) is 8.16. The van der Waals surface area contributed by atoms with Crippen LogP contribution < -0.4 is 11.2 Å². The van der Waals surface area contributed by atoms with Gasteiger partial charge in [0.2, 0.25) is 0 Å². The van der Waals surface area contributed by atoms with Crippen LogP contribution in [0.1, 0.15) is 27.7 Å². The van der Waals surface area contributed by atoms with Crippen molar-refractivity contribution in [1.29, 1.82) is 0 Å². The Balaban J connectivity index is 2.39. The van der Waals surface area contributed by atoms with E-state index < -0.39 is 24.1 Å². The van der Waals surface area contributed by atoms with Gasteiger partial charge in [-0.3, -0.25) is 0 Å². The highest BCUT2D eigenvalue weighted by atomic mass is 79.9. The Labute approximate surface area is 115 Å². The van der Waals surface area contributed by atoms with Crippen molar-refractivity contribution in [2.75, 3.05) is 5.73 Å². The first kappa shape index (κ1) is 13.8. The van der Waals surface area contributed by atoms with Crippen LogP contribution in [0.25, 0.3) is 0 Å². The summed E-state index contributed by atoms with van der Waals surface area (Å²) < 4.78 is 25.8. The van der Waals surface area contributed by atoms with Crippen molar-refractivity contribution in [2.45, 2.75) is 38.9 Å². The van der Waals surface area contributed by atoms with Gasteiger partial charge in [-0.25, -0.2) is 4.39 Å². The molecule has 1 aliphatic rings. The van der Waals surface area contributed by atoms with Crippen LogP contribution in [0.15, 0.2) is 16.6 Å². The Morgan fingerprint density at radius 2 is 1.67 bits per heavy atom. The lowest BCUT2D eigenvalue weighted by Crippen LogP contribution is -2.41. The summed E-state index contributed by atoms with van der Waals surface area (Å²) in [7, 11) is -0.598. The van der Waals surface area contributed by atoms with E-state index in [1.54, 1.807) is 6.07 Å². The van der Waals surface area contributed by atoms with Gasteiger partial charge in [-0.05, 0) is 55.2 Å². The number of hydrogen-bond donors (Lipinski definition) is 1. The minimum Gasteiger partial charge on any atom is -0.399 e. The van der Waals surface area contributed by atoms with Gasteiger partial charge >= 0.3 is 7.12 Å². The van der Waals surface area contributed by atoms with Crippen LogP contribution in [0.3, 0.4) is 0 Å². The molecule has 6 heteroatoms. The number of hydrogen-bond acceptors (Lipinski definition) is 3. The predicted octanol–water partition coefficient (Wildman–Crippen LogP) is 2.47. The largest absolute Gasteiger partial charge is 0.496 e. The lowest BCUT2D eigenvalue weighted by molar-refractivity contribution is 0.00578. The molecular weight excluding hydrogens is 300 g/mol. The summed E-state index contributed by atoms with van der Waals surface area (Å²) in [6.07, 6.45) is 0. The van der Waals surface area contributed by atoms with E-state index >= 15 is 0 Å². The Bertz CT molecular complexity index is 477. The first-order valence-corrected chi connectivity index (χ1v) is 6.54. The van der Waals surface area contributed by atoms with Gasteiger partial charge in [0.25, 0.3) is 0 Å². The molecule has 0 bridgehead atoms. The number of halogens is 2. The van der Waals surface area contributed by atoms with Crippen LogP contribution in [-0.2, 0) is 9.31 Å². The minimum absolute atomic E-state index is 0.0992. The fourth-order valence-electron chi connectivity index (χ4n) is 1.73. The van der Waals surface area contributed by atoms with Crippen LogP contribution in [0.2, 0.25) is 0 Å². The molecule has 0 aromatic heterocycles. The van der Waals surface area contributed by atoms with Crippen molar-refractivity contribution in [3.8, 4) is 0 Å². The molecule has 0 amide bonds. The van der Waals surface area contributed by atoms with Gasteiger partial charge in [-0.1, -0.05) is 6.07 Å². The fourth-order valence-corrected chi connectivity index (χ4v) is 2.28. The van der Waals surface area contributed by atoms with Gasteiger partial charge in [-0.15, -0.1) is 0 Å². The summed E-state index contributed by atoms with van der Waals surface area (Å²) in [5, 5.41) is 0. The van der Waals surface area contributed by atoms with Crippen LogP contribution in [0.4, 0.5) is 10.1 Å². The lowest BCUT2D eigenvalue weighted by atomic mass is 9.79. The molecule has 2 N–H and O–H groups in total. The monoisotopic (exact) mass is 315 g/mol. The third kappa shape index (κ3) is 2.06. The van der Waals surface area contributed by atoms with Crippen LogP contribution in [0.5, 0.6) is 0 Å². The van der Waals surface area contributed by atoms with Gasteiger partial charge in [0.1, 0.15) is 0 Å². The number of anilines is 1. The molecular formula is C12H16BBrFNO2. The molecule has 1 aromatic carbocycles. The second-order valence-corrected chi connectivity index (χ2v) is 6.25. The van der Waals surface area contributed by atoms with E-state index in [0.29, 0.717) is 9.94 Å². The summed E-state index contributed by atoms with van der Waals surface area (Å²) in [5.41, 5.74) is 5.32. The Hall–Kier alpha value is -0.585. The lowest BCUT2D eigenvalue weighted by Gasteiger charge is -2.32. The van der Waals surface area contributed by atoms with E-state index in [4.69, 9.17) is 15.0 Å². The second-order valence-electron chi connectivity index (χ2n) is 5.46. The van der Waals surface area contributed by atoms with Crippen molar-refractivity contribution < 1.29 is 13.7 Å². The molecule has 1 aromatic rings. The molecule has 0 saturated carbocycles. The van der Waals surface area contributed by atoms with Crippen molar-refractivity contribution in [3.05, 3.63) is 22.4 Å². The Kier molecular flexibility index (Phi) is 3.24. The zero-order valence-electron chi connectivity index (χ0n) is 10.9. The summed E-state index contributed by atoms with van der Waals surface area (Å²) in [5.74, 6) is -0.484. The summed E-state index contributed by atoms with van der Waals surface area (Å²) >= 11 is 3.20. The normalized spacial score (nSPS) is 21.3. The maximum absolute atomic E-state index is 13.7. The van der Waals surface area contributed by atoms with Crippen molar-refractivity contribution >= 4 is 34.2 Å². The van der Waals surface area contributed by atoms with Gasteiger partial charge < -0.3 is 15.0 Å². The number of nitrogen functional groups attached to an aromatic ring is 1. The maximum atomic E-state index is 13.7. The molecule has 2 rings (SSSR count). The summed E-state index contributed by atoms with van der Waals surface area (Å²) in [6.45, 7) is 7.81. The molecule has 0 radical (unpaired) electrons. The highest BCUT2D eigenvalue weighted by Gasteiger charge is 2.52.